The summed E-state index contributed by atoms with van der Waals surface area (Å²) in [6, 6.07) is 4.66. The van der Waals surface area contributed by atoms with Gasteiger partial charge >= 0.3 is 16.1 Å². The molecule has 1 saturated heterocycles. The van der Waals surface area contributed by atoms with Gasteiger partial charge in [-0.2, -0.15) is 13.1 Å². The molecule has 0 radical (unpaired) electrons. The van der Waals surface area contributed by atoms with Crippen LogP contribution in [0, 0.1) is 16.0 Å². The van der Waals surface area contributed by atoms with E-state index >= 15 is 0 Å². The maximum absolute atomic E-state index is 12.7. The van der Waals surface area contributed by atoms with Gasteiger partial charge in [-0.1, -0.05) is 17.3 Å². The fraction of sp³-hybridized carbons (Fsp3) is 0.562. The Bertz CT molecular complexity index is 771. The van der Waals surface area contributed by atoms with Crippen molar-refractivity contribution in [3.05, 3.63) is 34.4 Å². The van der Waals surface area contributed by atoms with Crippen molar-refractivity contribution in [2.24, 2.45) is 5.92 Å². The Hall–Kier alpha value is -2.04. The van der Waals surface area contributed by atoms with Gasteiger partial charge < -0.3 is 4.74 Å². The number of nitro benzene ring substituents is 1. The second-order valence-corrected chi connectivity index (χ2v) is 7.96. The maximum Gasteiger partial charge on any atom is 0.364 e. The number of carbonyl (C=O) groups is 1. The van der Waals surface area contributed by atoms with Gasteiger partial charge in [-0.3, -0.25) is 10.1 Å². The Kier molecular flexibility index (Phi) is 6.32. The fourth-order valence-corrected chi connectivity index (χ4v) is 4.09. The molecule has 0 bridgehead atoms. The minimum Gasteiger partial charge on any atom is -0.462 e. The van der Waals surface area contributed by atoms with E-state index < -0.39 is 25.7 Å². The van der Waals surface area contributed by atoms with E-state index in [9.17, 15) is 23.3 Å². The standard InChI is InChI=1S/C16H23N2O7S/c1-3-24-16(19)12-18(9-7-13(2)8-10-18)25-26(22,23)15-6-4-5-14(11-15)17(20)21/h4-6,11,13H,3,7-10,12H2,1-2H3/q+1. The molecule has 0 unspecified atom stereocenters. The van der Waals surface area contributed by atoms with Crippen LogP contribution in [0.3, 0.4) is 0 Å². The summed E-state index contributed by atoms with van der Waals surface area (Å²) in [6.45, 7) is 4.36. The third-order valence-corrected chi connectivity index (χ3v) is 5.70. The summed E-state index contributed by atoms with van der Waals surface area (Å²) >= 11 is 0. The average molecular weight is 387 g/mol. The lowest BCUT2D eigenvalue weighted by atomic mass is 9.99. The molecule has 0 atom stereocenters. The summed E-state index contributed by atoms with van der Waals surface area (Å²) in [5.74, 6) is -0.149. The highest BCUT2D eigenvalue weighted by molar-refractivity contribution is 7.86. The predicted octanol–water partition coefficient (Wildman–Crippen LogP) is 2.02. The molecule has 9 nitrogen and oxygen atoms in total. The van der Waals surface area contributed by atoms with Crippen LogP contribution in [-0.4, -0.2) is 50.2 Å². The van der Waals surface area contributed by atoms with E-state index in [0.717, 1.165) is 6.07 Å². The number of hydrogen-bond donors (Lipinski definition) is 0. The van der Waals surface area contributed by atoms with Crippen LogP contribution in [0.15, 0.2) is 29.2 Å². The van der Waals surface area contributed by atoms with Crippen molar-refractivity contribution < 1.29 is 31.8 Å². The molecule has 0 amide bonds. The molecule has 10 heteroatoms. The summed E-state index contributed by atoms with van der Waals surface area (Å²) in [7, 11) is -4.29. The highest BCUT2D eigenvalue weighted by Gasteiger charge is 2.42. The first-order valence-corrected chi connectivity index (χ1v) is 9.81. The van der Waals surface area contributed by atoms with Crippen molar-refractivity contribution in [3.8, 4) is 0 Å². The fourth-order valence-electron chi connectivity index (χ4n) is 2.87. The highest BCUT2D eigenvalue weighted by Crippen LogP contribution is 2.28. The molecule has 0 aromatic heterocycles. The largest absolute Gasteiger partial charge is 0.462 e. The number of piperidine rings is 1. The second-order valence-electron chi connectivity index (χ2n) is 6.43. The maximum atomic E-state index is 12.7. The number of likely N-dealkylation sites (tertiary alicyclic amines) is 1. The van der Waals surface area contributed by atoms with Gasteiger partial charge in [0, 0.05) is 25.0 Å². The van der Waals surface area contributed by atoms with Gasteiger partial charge in [0.25, 0.3) is 5.69 Å². The van der Waals surface area contributed by atoms with Crippen LogP contribution in [0.4, 0.5) is 5.69 Å². The lowest BCUT2D eigenvalue weighted by Crippen LogP contribution is -2.56. The first-order chi connectivity index (χ1) is 12.2. The number of esters is 1. The van der Waals surface area contributed by atoms with Crippen LogP contribution in [0.1, 0.15) is 26.7 Å². The number of hydroxylamine groups is 3. The molecule has 26 heavy (non-hydrogen) atoms. The number of ether oxygens (including phenoxy) is 1. The first-order valence-electron chi connectivity index (χ1n) is 8.40. The summed E-state index contributed by atoms with van der Waals surface area (Å²) in [5, 5.41) is 10.9. The molecule has 1 aliphatic rings. The molecule has 1 heterocycles. The summed E-state index contributed by atoms with van der Waals surface area (Å²) in [5.41, 5.74) is -0.348. The molecular formula is C16H23N2O7S+. The number of nitro groups is 1. The summed E-state index contributed by atoms with van der Waals surface area (Å²) < 4.78 is 35.4. The molecule has 1 aliphatic heterocycles. The van der Waals surface area contributed by atoms with Crippen LogP contribution >= 0.6 is 0 Å². The Morgan fingerprint density at radius 1 is 1.35 bits per heavy atom. The van der Waals surface area contributed by atoms with E-state index in [1.165, 1.54) is 18.2 Å². The van der Waals surface area contributed by atoms with E-state index in [0.29, 0.717) is 31.8 Å². The third-order valence-electron chi connectivity index (χ3n) is 4.35. The summed E-state index contributed by atoms with van der Waals surface area (Å²) in [4.78, 5) is 21.9. The van der Waals surface area contributed by atoms with Crippen LogP contribution in [-0.2, 0) is 23.9 Å². The average Bonchev–Trinajstić information content (AvgIpc) is 2.57. The van der Waals surface area contributed by atoms with Gasteiger partial charge in [0.05, 0.1) is 11.5 Å². The lowest BCUT2D eigenvalue weighted by Gasteiger charge is -2.37. The van der Waals surface area contributed by atoms with E-state index in [1.54, 1.807) is 6.92 Å². The molecular weight excluding hydrogens is 364 g/mol. The van der Waals surface area contributed by atoms with Gasteiger partial charge in [0.1, 0.15) is 18.0 Å². The molecule has 0 saturated carbocycles. The van der Waals surface area contributed by atoms with Crippen molar-refractivity contribution in [2.45, 2.75) is 31.6 Å². The number of hydrogen-bond acceptors (Lipinski definition) is 7. The minimum atomic E-state index is -4.29. The quantitative estimate of drug-likeness (QED) is 0.304. The summed E-state index contributed by atoms with van der Waals surface area (Å²) in [6.07, 6.45) is 1.40. The lowest BCUT2D eigenvalue weighted by molar-refractivity contribution is -1.08. The van der Waals surface area contributed by atoms with E-state index in [2.05, 4.69) is 0 Å². The first kappa shape index (κ1) is 20.3. The molecule has 1 aromatic carbocycles. The topological polar surface area (TPSA) is 113 Å². The Labute approximate surface area is 152 Å². The van der Waals surface area contributed by atoms with Crippen molar-refractivity contribution in [2.75, 3.05) is 26.2 Å². The van der Waals surface area contributed by atoms with Crippen LogP contribution in [0.2, 0.25) is 0 Å². The normalized spacial score (nSPS) is 23.4. The zero-order chi connectivity index (χ0) is 19.4. The number of nitrogens with zero attached hydrogens (tertiary/aromatic N) is 2. The van der Waals surface area contributed by atoms with E-state index in [1.807, 2.05) is 6.92 Å². The minimum absolute atomic E-state index is 0.187. The number of carbonyl (C=O) groups excluding carboxylic acids is 1. The number of rotatable bonds is 7. The van der Waals surface area contributed by atoms with Crippen molar-refractivity contribution in [1.82, 2.24) is 0 Å². The third kappa shape index (κ3) is 4.99. The van der Waals surface area contributed by atoms with Crippen LogP contribution in [0.25, 0.3) is 0 Å². The molecule has 0 aliphatic carbocycles. The Morgan fingerprint density at radius 2 is 2.00 bits per heavy atom. The monoisotopic (exact) mass is 387 g/mol. The molecule has 0 N–H and O–H groups in total. The zero-order valence-electron chi connectivity index (χ0n) is 14.8. The second kappa shape index (κ2) is 8.11. The zero-order valence-corrected chi connectivity index (χ0v) is 15.6. The predicted molar refractivity (Wildman–Crippen MR) is 91.3 cm³/mol. The van der Waals surface area contributed by atoms with Gasteiger partial charge in [-0.15, -0.1) is 0 Å². The Balaban J connectivity index is 2.30. The molecule has 144 valence electrons. The van der Waals surface area contributed by atoms with Gasteiger partial charge in [-0.25, -0.2) is 4.79 Å². The number of quaternary nitrogens is 1. The van der Waals surface area contributed by atoms with Crippen molar-refractivity contribution >= 4 is 21.8 Å². The van der Waals surface area contributed by atoms with Crippen LogP contribution in [0.5, 0.6) is 0 Å². The SMILES string of the molecule is CCOC(=O)C[N+]1(OS(=O)(=O)c2cccc([N+](=O)[O-])c2)CCC(C)CC1. The number of non-ortho nitro benzene ring substituents is 1. The highest BCUT2D eigenvalue weighted by atomic mass is 32.2. The molecule has 1 aromatic rings. The van der Waals surface area contributed by atoms with Crippen LogP contribution < -0.4 is 0 Å². The number of benzene rings is 1. The van der Waals surface area contributed by atoms with E-state index in [-0.39, 0.29) is 23.7 Å². The molecule has 2 rings (SSSR count). The smallest absolute Gasteiger partial charge is 0.364 e. The molecule has 0 spiro atoms. The van der Waals surface area contributed by atoms with Gasteiger partial charge in [0.15, 0.2) is 0 Å². The van der Waals surface area contributed by atoms with Gasteiger partial charge in [0.2, 0.25) is 6.54 Å². The van der Waals surface area contributed by atoms with Crippen molar-refractivity contribution in [3.63, 3.8) is 0 Å². The Morgan fingerprint density at radius 3 is 2.58 bits per heavy atom. The molecule has 1 fully saturated rings. The van der Waals surface area contributed by atoms with E-state index in [4.69, 9.17) is 9.02 Å². The van der Waals surface area contributed by atoms with Gasteiger partial charge in [-0.05, 0) is 18.9 Å². The van der Waals surface area contributed by atoms with Crippen molar-refractivity contribution in [1.29, 1.82) is 0 Å².